The first-order valence-corrected chi connectivity index (χ1v) is 5.40. The van der Waals surface area contributed by atoms with Crippen molar-refractivity contribution < 1.29 is 9.18 Å². The van der Waals surface area contributed by atoms with Crippen LogP contribution in [0.5, 0.6) is 0 Å². The Morgan fingerprint density at radius 3 is 2.72 bits per heavy atom. The van der Waals surface area contributed by atoms with Crippen LogP contribution in [0.4, 0.5) is 4.39 Å². The number of ketones is 1. The van der Waals surface area contributed by atoms with Crippen molar-refractivity contribution in [2.24, 2.45) is 0 Å². The van der Waals surface area contributed by atoms with Crippen LogP contribution < -0.4 is 5.56 Å². The van der Waals surface area contributed by atoms with Gasteiger partial charge in [-0.1, -0.05) is 0 Å². The van der Waals surface area contributed by atoms with Crippen molar-refractivity contribution in [1.29, 1.82) is 0 Å². The highest BCUT2D eigenvalue weighted by Crippen LogP contribution is 2.11. The van der Waals surface area contributed by atoms with Crippen molar-refractivity contribution >= 4 is 5.78 Å². The molecule has 5 heteroatoms. The monoisotopic (exact) mass is 246 g/mol. The number of Topliss-reactive ketones (excluding diaryl/α,β-unsaturated/α-hetero) is 1. The van der Waals surface area contributed by atoms with E-state index in [0.29, 0.717) is 16.8 Å². The van der Waals surface area contributed by atoms with Gasteiger partial charge in [0.1, 0.15) is 5.82 Å². The van der Waals surface area contributed by atoms with Gasteiger partial charge >= 0.3 is 0 Å². The maximum atomic E-state index is 13.1. The highest BCUT2D eigenvalue weighted by molar-refractivity contribution is 5.97. The minimum absolute atomic E-state index is 0.0713. The number of nitrogens with zero attached hydrogens (tertiary/aromatic N) is 1. The summed E-state index contributed by atoms with van der Waals surface area (Å²) >= 11 is 0. The molecule has 0 aliphatic heterocycles. The number of hydrogen-bond acceptors (Lipinski definition) is 3. The average Bonchev–Trinajstić information content (AvgIpc) is 2.35. The van der Waals surface area contributed by atoms with Crippen molar-refractivity contribution in [2.75, 3.05) is 0 Å². The van der Waals surface area contributed by atoms with Gasteiger partial charge in [0.25, 0.3) is 5.56 Å². The summed E-state index contributed by atoms with van der Waals surface area (Å²) in [4.78, 5) is 22.7. The number of aromatic amines is 1. The molecule has 0 amide bonds. The van der Waals surface area contributed by atoms with Gasteiger partial charge in [-0.25, -0.2) is 9.49 Å². The summed E-state index contributed by atoms with van der Waals surface area (Å²) < 4.78 is 13.1. The second kappa shape index (κ2) is 4.91. The third-order valence-corrected chi connectivity index (χ3v) is 2.56. The first kappa shape index (κ1) is 12.2. The minimum atomic E-state index is -0.339. The Morgan fingerprint density at radius 1 is 1.33 bits per heavy atom. The Balaban J connectivity index is 2.19. The van der Waals surface area contributed by atoms with Crippen LogP contribution in [0.3, 0.4) is 0 Å². The Morgan fingerprint density at radius 2 is 2.11 bits per heavy atom. The molecule has 0 aliphatic rings. The third kappa shape index (κ3) is 2.68. The summed E-state index contributed by atoms with van der Waals surface area (Å²) in [5, 5.41) is 6.01. The third-order valence-electron chi connectivity index (χ3n) is 2.56. The molecule has 0 radical (unpaired) electrons. The van der Waals surface area contributed by atoms with E-state index >= 15 is 0 Å². The molecule has 0 saturated carbocycles. The van der Waals surface area contributed by atoms with Crippen molar-refractivity contribution in [3.8, 4) is 0 Å². The van der Waals surface area contributed by atoms with E-state index in [1.165, 1.54) is 30.3 Å². The molecular weight excluding hydrogens is 235 g/mol. The number of hydrogen-bond donors (Lipinski definition) is 1. The fourth-order valence-corrected chi connectivity index (χ4v) is 1.56. The SMILES string of the molecule is Cc1cc(C(=O)Cc2ccc(=O)[nH]n2)ccc1F. The van der Waals surface area contributed by atoms with Crippen molar-refractivity contribution in [1.82, 2.24) is 10.2 Å². The fraction of sp³-hybridized carbons (Fsp3) is 0.154. The standard InChI is InChI=1S/C13H11FN2O2/c1-8-6-9(2-4-11(8)14)12(17)7-10-3-5-13(18)16-15-10/h2-6H,7H2,1H3,(H,16,18). The topological polar surface area (TPSA) is 62.8 Å². The van der Waals surface area contributed by atoms with Crippen LogP contribution in [0.15, 0.2) is 35.1 Å². The molecule has 0 unspecified atom stereocenters. The molecule has 0 spiro atoms. The van der Waals surface area contributed by atoms with Gasteiger partial charge in [0.2, 0.25) is 0 Å². The molecule has 0 atom stereocenters. The van der Waals surface area contributed by atoms with Gasteiger partial charge in [-0.15, -0.1) is 0 Å². The molecule has 4 nitrogen and oxygen atoms in total. The lowest BCUT2D eigenvalue weighted by molar-refractivity contribution is 0.0991. The number of H-pyrrole nitrogens is 1. The van der Waals surface area contributed by atoms with Gasteiger partial charge in [-0.2, -0.15) is 5.10 Å². The quantitative estimate of drug-likeness (QED) is 0.837. The van der Waals surface area contributed by atoms with Crippen LogP contribution in [-0.4, -0.2) is 16.0 Å². The number of benzene rings is 1. The lowest BCUT2D eigenvalue weighted by Crippen LogP contribution is -2.11. The Hall–Kier alpha value is -2.30. The van der Waals surface area contributed by atoms with Crippen LogP contribution in [-0.2, 0) is 6.42 Å². The molecule has 2 rings (SSSR count). The van der Waals surface area contributed by atoms with E-state index in [0.717, 1.165) is 0 Å². The van der Waals surface area contributed by atoms with Crippen molar-refractivity contribution in [2.45, 2.75) is 13.3 Å². The highest BCUT2D eigenvalue weighted by Gasteiger charge is 2.09. The molecule has 1 heterocycles. The predicted octanol–water partition coefficient (Wildman–Crippen LogP) is 1.64. The molecule has 0 saturated heterocycles. The molecule has 0 fully saturated rings. The molecule has 92 valence electrons. The van der Waals surface area contributed by atoms with E-state index in [1.807, 2.05) is 0 Å². The zero-order valence-electron chi connectivity index (χ0n) is 9.74. The zero-order chi connectivity index (χ0) is 13.1. The van der Waals surface area contributed by atoms with E-state index in [4.69, 9.17) is 0 Å². The van der Waals surface area contributed by atoms with E-state index < -0.39 is 0 Å². The summed E-state index contributed by atoms with van der Waals surface area (Å²) in [5.74, 6) is -0.508. The average molecular weight is 246 g/mol. The molecule has 0 bridgehead atoms. The second-order valence-corrected chi connectivity index (χ2v) is 3.98. The fourth-order valence-electron chi connectivity index (χ4n) is 1.56. The molecule has 1 N–H and O–H groups in total. The largest absolute Gasteiger partial charge is 0.294 e. The number of rotatable bonds is 3. The first-order valence-electron chi connectivity index (χ1n) is 5.40. The number of aromatic nitrogens is 2. The van der Waals surface area contributed by atoms with Gasteiger partial charge in [-0.3, -0.25) is 9.59 Å². The Labute approximate surface area is 102 Å². The number of carbonyl (C=O) groups is 1. The van der Waals surface area contributed by atoms with Crippen molar-refractivity contribution in [3.63, 3.8) is 0 Å². The summed E-state index contributed by atoms with van der Waals surface area (Å²) in [6, 6.07) is 7.02. The van der Waals surface area contributed by atoms with Crippen LogP contribution in [0.2, 0.25) is 0 Å². The molecule has 1 aromatic heterocycles. The lowest BCUT2D eigenvalue weighted by Gasteiger charge is -2.02. The summed E-state index contributed by atoms with van der Waals surface area (Å²) in [6.07, 6.45) is 0.0713. The maximum Gasteiger partial charge on any atom is 0.264 e. The van der Waals surface area contributed by atoms with Crippen LogP contribution in [0.1, 0.15) is 21.6 Å². The van der Waals surface area contributed by atoms with E-state index in [9.17, 15) is 14.0 Å². The van der Waals surface area contributed by atoms with Crippen LogP contribution in [0.25, 0.3) is 0 Å². The number of nitrogens with one attached hydrogen (secondary N) is 1. The summed E-state index contributed by atoms with van der Waals surface area (Å²) in [6.45, 7) is 1.60. The summed E-state index contributed by atoms with van der Waals surface area (Å²) in [7, 11) is 0. The van der Waals surface area contributed by atoms with E-state index in [2.05, 4.69) is 10.2 Å². The maximum absolute atomic E-state index is 13.1. The molecule has 2 aromatic rings. The highest BCUT2D eigenvalue weighted by atomic mass is 19.1. The molecule has 0 aliphatic carbocycles. The number of halogens is 1. The molecular formula is C13H11FN2O2. The zero-order valence-corrected chi connectivity index (χ0v) is 9.74. The predicted molar refractivity (Wildman–Crippen MR) is 64.0 cm³/mol. The molecule has 18 heavy (non-hydrogen) atoms. The van der Waals surface area contributed by atoms with E-state index in [-0.39, 0.29) is 23.6 Å². The van der Waals surface area contributed by atoms with Gasteiger partial charge in [-0.05, 0) is 36.8 Å². The van der Waals surface area contributed by atoms with Crippen LogP contribution in [0, 0.1) is 12.7 Å². The summed E-state index contributed by atoms with van der Waals surface area (Å²) in [5.41, 5.74) is 1.02. The Bertz CT molecular complexity index is 629. The van der Waals surface area contributed by atoms with Gasteiger partial charge in [0.15, 0.2) is 5.78 Å². The minimum Gasteiger partial charge on any atom is -0.294 e. The first-order chi connectivity index (χ1) is 8.56. The number of aryl methyl sites for hydroxylation is 1. The van der Waals surface area contributed by atoms with Gasteiger partial charge in [0, 0.05) is 11.6 Å². The van der Waals surface area contributed by atoms with Crippen LogP contribution >= 0.6 is 0 Å². The number of carbonyl (C=O) groups excluding carboxylic acids is 1. The lowest BCUT2D eigenvalue weighted by atomic mass is 10.0. The Kier molecular flexibility index (Phi) is 3.32. The van der Waals surface area contributed by atoms with Crippen molar-refractivity contribution in [3.05, 3.63) is 63.3 Å². The second-order valence-electron chi connectivity index (χ2n) is 3.98. The normalized spacial score (nSPS) is 10.3. The van der Waals surface area contributed by atoms with Gasteiger partial charge in [0.05, 0.1) is 12.1 Å². The molecule has 1 aromatic carbocycles. The van der Waals surface area contributed by atoms with Gasteiger partial charge < -0.3 is 0 Å². The smallest absolute Gasteiger partial charge is 0.264 e. The van der Waals surface area contributed by atoms with E-state index in [1.54, 1.807) is 6.92 Å².